The van der Waals surface area contributed by atoms with Crippen LogP contribution in [0.5, 0.6) is 0 Å². The molecule has 1 heterocycles. The van der Waals surface area contributed by atoms with Crippen LogP contribution < -0.4 is 5.32 Å². The first-order valence-corrected chi connectivity index (χ1v) is 12.3. The Morgan fingerprint density at radius 1 is 1.12 bits per heavy atom. The van der Waals surface area contributed by atoms with E-state index in [2.05, 4.69) is 5.32 Å². The lowest BCUT2D eigenvalue weighted by molar-refractivity contribution is -0.158. The second-order valence-corrected chi connectivity index (χ2v) is 9.46. The summed E-state index contributed by atoms with van der Waals surface area (Å²) in [5.74, 6) is -0.496. The SMILES string of the molecule is CCOC(=O)[C@H](CCc1ccccc1)N[C@@H](C)C(=O)N1[C@H](C(=O)OC(C)C)C[C@@H]2CCC[C@@H]21. The quantitative estimate of drug-likeness (QED) is 0.542. The Labute approximate surface area is 197 Å². The van der Waals surface area contributed by atoms with Gasteiger partial charge in [-0.2, -0.15) is 0 Å². The van der Waals surface area contributed by atoms with Crippen LogP contribution in [-0.4, -0.2) is 59.6 Å². The summed E-state index contributed by atoms with van der Waals surface area (Å²) in [6.45, 7) is 7.46. The highest BCUT2D eigenvalue weighted by molar-refractivity contribution is 5.89. The van der Waals surface area contributed by atoms with Crippen molar-refractivity contribution in [3.63, 3.8) is 0 Å². The summed E-state index contributed by atoms with van der Waals surface area (Å²) in [6.07, 6.45) is 4.64. The number of esters is 2. The number of hydrogen-bond donors (Lipinski definition) is 1. The van der Waals surface area contributed by atoms with Crippen LogP contribution >= 0.6 is 0 Å². The van der Waals surface area contributed by atoms with Crippen LogP contribution in [0.25, 0.3) is 0 Å². The van der Waals surface area contributed by atoms with E-state index in [9.17, 15) is 14.4 Å². The third-order valence-corrected chi connectivity index (χ3v) is 6.67. The fraction of sp³-hybridized carbons (Fsp3) is 0.654. The van der Waals surface area contributed by atoms with E-state index in [4.69, 9.17) is 9.47 Å². The molecular formula is C26H38N2O5. The smallest absolute Gasteiger partial charge is 0.329 e. The van der Waals surface area contributed by atoms with Crippen LogP contribution in [0.2, 0.25) is 0 Å². The molecule has 0 aromatic heterocycles. The van der Waals surface area contributed by atoms with Gasteiger partial charge in [0.2, 0.25) is 5.91 Å². The van der Waals surface area contributed by atoms with Crippen LogP contribution in [-0.2, 0) is 30.3 Å². The van der Waals surface area contributed by atoms with Gasteiger partial charge in [0.1, 0.15) is 12.1 Å². The number of hydrogen-bond acceptors (Lipinski definition) is 6. The van der Waals surface area contributed by atoms with E-state index in [0.717, 1.165) is 24.8 Å². The van der Waals surface area contributed by atoms with Crippen molar-refractivity contribution >= 4 is 17.8 Å². The third-order valence-electron chi connectivity index (χ3n) is 6.67. The molecule has 5 atom stereocenters. The van der Waals surface area contributed by atoms with Gasteiger partial charge in [-0.05, 0) is 71.3 Å². The molecule has 0 bridgehead atoms. The number of nitrogens with one attached hydrogen (secondary N) is 1. The summed E-state index contributed by atoms with van der Waals surface area (Å²) in [6, 6.07) is 8.22. The number of likely N-dealkylation sites (tertiary alicyclic amines) is 1. The minimum atomic E-state index is -0.621. The molecule has 1 aromatic rings. The van der Waals surface area contributed by atoms with Crippen molar-refractivity contribution in [3.05, 3.63) is 35.9 Å². The van der Waals surface area contributed by atoms with E-state index < -0.39 is 18.1 Å². The van der Waals surface area contributed by atoms with E-state index in [0.29, 0.717) is 25.2 Å². The van der Waals surface area contributed by atoms with Crippen molar-refractivity contribution in [1.29, 1.82) is 0 Å². The van der Waals surface area contributed by atoms with E-state index in [-0.39, 0.29) is 36.6 Å². The molecule has 182 valence electrons. The zero-order valence-corrected chi connectivity index (χ0v) is 20.3. The van der Waals surface area contributed by atoms with Crippen LogP contribution in [0.15, 0.2) is 30.3 Å². The first-order chi connectivity index (χ1) is 15.8. The molecule has 0 unspecified atom stereocenters. The van der Waals surface area contributed by atoms with Crippen LogP contribution in [0.3, 0.4) is 0 Å². The van der Waals surface area contributed by atoms with Gasteiger partial charge in [-0.1, -0.05) is 36.8 Å². The number of amides is 1. The van der Waals surface area contributed by atoms with Gasteiger partial charge in [-0.15, -0.1) is 0 Å². The number of fused-ring (bicyclic) bond motifs is 1. The van der Waals surface area contributed by atoms with E-state index in [1.54, 1.807) is 18.7 Å². The van der Waals surface area contributed by atoms with Gasteiger partial charge in [0.25, 0.3) is 0 Å². The maximum Gasteiger partial charge on any atom is 0.329 e. The average molecular weight is 459 g/mol. The highest BCUT2D eigenvalue weighted by atomic mass is 16.5. The topological polar surface area (TPSA) is 84.9 Å². The zero-order valence-electron chi connectivity index (χ0n) is 20.3. The Morgan fingerprint density at radius 2 is 1.85 bits per heavy atom. The Hall–Kier alpha value is -2.41. The van der Waals surface area contributed by atoms with Crippen LogP contribution in [0.4, 0.5) is 0 Å². The maximum atomic E-state index is 13.6. The van der Waals surface area contributed by atoms with E-state index >= 15 is 0 Å². The number of carbonyl (C=O) groups excluding carboxylic acids is 3. The fourth-order valence-corrected chi connectivity index (χ4v) is 5.19. The Morgan fingerprint density at radius 3 is 2.52 bits per heavy atom. The van der Waals surface area contributed by atoms with Crippen LogP contribution in [0.1, 0.15) is 65.4 Å². The van der Waals surface area contributed by atoms with E-state index in [1.165, 1.54) is 0 Å². The first kappa shape index (κ1) is 25.2. The number of ether oxygens (including phenoxy) is 2. The summed E-state index contributed by atoms with van der Waals surface area (Å²) in [4.78, 5) is 40.8. The molecule has 1 N–H and O–H groups in total. The first-order valence-electron chi connectivity index (χ1n) is 12.3. The predicted octanol–water partition coefficient (Wildman–Crippen LogP) is 3.25. The zero-order chi connectivity index (χ0) is 24.0. The van der Waals surface area contributed by atoms with Gasteiger partial charge in [0.05, 0.1) is 18.8 Å². The molecule has 33 heavy (non-hydrogen) atoms. The van der Waals surface area contributed by atoms with Gasteiger partial charge in [0, 0.05) is 6.04 Å². The van der Waals surface area contributed by atoms with Gasteiger partial charge >= 0.3 is 11.9 Å². The number of benzene rings is 1. The second-order valence-electron chi connectivity index (χ2n) is 9.46. The Balaban J connectivity index is 1.71. The van der Waals surface area contributed by atoms with Crippen LogP contribution in [0, 0.1) is 5.92 Å². The molecule has 1 aromatic carbocycles. The highest BCUT2D eigenvalue weighted by Crippen LogP contribution is 2.42. The van der Waals surface area contributed by atoms with E-state index in [1.807, 2.05) is 44.2 Å². The monoisotopic (exact) mass is 458 g/mol. The molecule has 1 saturated heterocycles. The minimum Gasteiger partial charge on any atom is -0.465 e. The summed E-state index contributed by atoms with van der Waals surface area (Å²) in [5.41, 5.74) is 1.12. The lowest BCUT2D eigenvalue weighted by Gasteiger charge is -2.32. The van der Waals surface area contributed by atoms with Crippen molar-refractivity contribution < 1.29 is 23.9 Å². The predicted molar refractivity (Wildman–Crippen MR) is 125 cm³/mol. The van der Waals surface area contributed by atoms with Gasteiger partial charge in [-0.3, -0.25) is 14.9 Å². The fourth-order valence-electron chi connectivity index (χ4n) is 5.19. The molecule has 1 aliphatic carbocycles. The molecule has 0 radical (unpaired) electrons. The van der Waals surface area contributed by atoms with Crippen molar-refractivity contribution in [2.24, 2.45) is 5.92 Å². The molecule has 2 aliphatic rings. The molecule has 0 spiro atoms. The molecule has 7 nitrogen and oxygen atoms in total. The average Bonchev–Trinajstić information content (AvgIpc) is 3.37. The summed E-state index contributed by atoms with van der Waals surface area (Å²) in [5, 5.41) is 3.21. The largest absolute Gasteiger partial charge is 0.465 e. The van der Waals surface area contributed by atoms with Crippen molar-refractivity contribution in [1.82, 2.24) is 10.2 Å². The van der Waals surface area contributed by atoms with Gasteiger partial charge in [-0.25, -0.2) is 4.79 Å². The molecule has 1 saturated carbocycles. The number of aryl methyl sites for hydroxylation is 1. The van der Waals surface area contributed by atoms with Gasteiger partial charge in [0.15, 0.2) is 0 Å². The Kier molecular flexibility index (Phi) is 8.89. The lowest BCUT2D eigenvalue weighted by Crippen LogP contribution is -2.55. The highest BCUT2D eigenvalue weighted by Gasteiger charge is 2.50. The number of rotatable bonds is 10. The number of carbonyl (C=O) groups is 3. The minimum absolute atomic E-state index is 0.0665. The molecule has 7 heteroatoms. The summed E-state index contributed by atoms with van der Waals surface area (Å²) >= 11 is 0. The summed E-state index contributed by atoms with van der Waals surface area (Å²) < 4.78 is 10.7. The van der Waals surface area contributed by atoms with Crippen molar-refractivity contribution in [2.45, 2.75) is 96.5 Å². The molecule has 3 rings (SSSR count). The molecular weight excluding hydrogens is 420 g/mol. The standard InChI is InChI=1S/C26H38N2O5/c1-5-32-25(30)21(15-14-19-10-7-6-8-11-19)27-18(4)24(29)28-22-13-9-12-20(22)16-23(28)26(31)33-17(2)3/h6-8,10-11,17-18,20-23,27H,5,9,12-16H2,1-4H3/t18-,20-,21-,22-,23-/m0/s1. The second kappa shape index (κ2) is 11.6. The van der Waals surface area contributed by atoms with Crippen molar-refractivity contribution in [3.8, 4) is 0 Å². The number of nitrogens with zero attached hydrogens (tertiary/aromatic N) is 1. The normalized spacial score (nSPS) is 23.8. The van der Waals surface area contributed by atoms with Gasteiger partial charge < -0.3 is 14.4 Å². The molecule has 1 aliphatic heterocycles. The molecule has 2 fully saturated rings. The third kappa shape index (κ3) is 6.34. The van der Waals surface area contributed by atoms with Crippen molar-refractivity contribution in [2.75, 3.05) is 6.61 Å². The molecule has 1 amide bonds. The Bertz CT molecular complexity index is 812. The maximum absolute atomic E-state index is 13.6. The summed E-state index contributed by atoms with van der Waals surface area (Å²) in [7, 11) is 0. The lowest BCUT2D eigenvalue weighted by atomic mass is 10.0.